The van der Waals surface area contributed by atoms with Crippen molar-refractivity contribution < 1.29 is 9.59 Å². The Morgan fingerprint density at radius 3 is 2.56 bits per heavy atom. The lowest BCUT2D eigenvalue weighted by Gasteiger charge is -2.21. The van der Waals surface area contributed by atoms with Crippen LogP contribution >= 0.6 is 11.6 Å². The third kappa shape index (κ3) is 6.41. The van der Waals surface area contributed by atoms with E-state index >= 15 is 0 Å². The molecular weight excluding hydrogens is 364 g/mol. The number of anilines is 1. The van der Waals surface area contributed by atoms with Crippen LogP contribution in [-0.2, 0) is 16.1 Å². The minimum absolute atomic E-state index is 0.0676. The number of benzene rings is 2. The van der Waals surface area contributed by atoms with Gasteiger partial charge in [0.15, 0.2) is 0 Å². The fraction of sp³-hybridized carbons (Fsp3) is 0.250. The van der Waals surface area contributed by atoms with Gasteiger partial charge in [0.1, 0.15) is 0 Å². The van der Waals surface area contributed by atoms with Gasteiger partial charge < -0.3 is 10.2 Å². The van der Waals surface area contributed by atoms with Crippen LogP contribution in [0, 0.1) is 11.3 Å². The van der Waals surface area contributed by atoms with Gasteiger partial charge in [-0.1, -0.05) is 35.9 Å². The third-order valence-corrected chi connectivity index (χ3v) is 4.20. The second-order valence-electron chi connectivity index (χ2n) is 6.26. The zero-order valence-electron chi connectivity index (χ0n) is 15.3. The molecule has 2 aromatic carbocycles. The third-order valence-electron chi connectivity index (χ3n) is 3.87. The largest absolute Gasteiger partial charge is 0.335 e. The SMILES string of the molecule is CN(CC(=O)N(C)CC(=O)Nc1ccccc1Cl)Cc1cccc(C#N)c1. The van der Waals surface area contributed by atoms with Crippen molar-refractivity contribution in [3.05, 3.63) is 64.7 Å². The number of hydrogen-bond donors (Lipinski definition) is 1. The molecule has 0 heterocycles. The van der Waals surface area contributed by atoms with E-state index in [0.717, 1.165) is 5.56 Å². The number of nitrogens with zero attached hydrogens (tertiary/aromatic N) is 3. The van der Waals surface area contributed by atoms with E-state index in [4.69, 9.17) is 16.9 Å². The van der Waals surface area contributed by atoms with Crippen molar-refractivity contribution in [1.82, 2.24) is 9.80 Å². The number of amides is 2. The van der Waals surface area contributed by atoms with Gasteiger partial charge in [-0.25, -0.2) is 0 Å². The van der Waals surface area contributed by atoms with Crippen LogP contribution in [0.15, 0.2) is 48.5 Å². The van der Waals surface area contributed by atoms with Gasteiger partial charge in [-0.2, -0.15) is 5.26 Å². The van der Waals surface area contributed by atoms with Crippen LogP contribution in [0.25, 0.3) is 0 Å². The van der Waals surface area contributed by atoms with Crippen molar-refractivity contribution >= 4 is 29.1 Å². The van der Waals surface area contributed by atoms with Gasteiger partial charge in [0, 0.05) is 13.6 Å². The molecule has 0 aliphatic rings. The maximum absolute atomic E-state index is 12.3. The van der Waals surface area contributed by atoms with Crippen LogP contribution in [0.5, 0.6) is 0 Å². The summed E-state index contributed by atoms with van der Waals surface area (Å²) >= 11 is 6.01. The van der Waals surface area contributed by atoms with Crippen molar-refractivity contribution in [2.24, 2.45) is 0 Å². The van der Waals surface area contributed by atoms with E-state index in [2.05, 4.69) is 11.4 Å². The molecule has 0 radical (unpaired) electrons. The molecule has 0 aromatic heterocycles. The highest BCUT2D eigenvalue weighted by molar-refractivity contribution is 6.33. The van der Waals surface area contributed by atoms with Crippen LogP contribution in [-0.4, -0.2) is 48.8 Å². The standard InChI is InChI=1S/C20H21ClN4O2/c1-24(12-16-7-5-6-15(10-16)11-22)14-20(27)25(2)13-19(26)23-18-9-4-3-8-17(18)21/h3-10H,12-14H2,1-2H3,(H,23,26). The molecule has 0 saturated heterocycles. The van der Waals surface area contributed by atoms with Gasteiger partial charge >= 0.3 is 0 Å². The highest BCUT2D eigenvalue weighted by Crippen LogP contribution is 2.20. The summed E-state index contributed by atoms with van der Waals surface area (Å²) in [6, 6.07) is 16.3. The van der Waals surface area contributed by atoms with Crippen molar-refractivity contribution in [3.8, 4) is 6.07 Å². The zero-order valence-corrected chi connectivity index (χ0v) is 16.0. The topological polar surface area (TPSA) is 76.4 Å². The molecule has 2 rings (SSSR count). The number of hydrogen-bond acceptors (Lipinski definition) is 4. The molecule has 2 aromatic rings. The van der Waals surface area contributed by atoms with Crippen LogP contribution in [0.2, 0.25) is 5.02 Å². The Bertz CT molecular complexity index is 863. The zero-order chi connectivity index (χ0) is 19.8. The van der Waals surface area contributed by atoms with Crippen LogP contribution in [0.1, 0.15) is 11.1 Å². The highest BCUT2D eigenvalue weighted by atomic mass is 35.5. The normalized spacial score (nSPS) is 10.3. The molecule has 140 valence electrons. The smallest absolute Gasteiger partial charge is 0.244 e. The lowest BCUT2D eigenvalue weighted by Crippen LogP contribution is -2.40. The molecule has 0 aliphatic carbocycles. The molecule has 0 atom stereocenters. The van der Waals surface area contributed by atoms with Gasteiger partial charge in [0.05, 0.1) is 35.4 Å². The Balaban J connectivity index is 1.84. The van der Waals surface area contributed by atoms with Crippen LogP contribution in [0.4, 0.5) is 5.69 Å². The van der Waals surface area contributed by atoms with Crippen molar-refractivity contribution in [1.29, 1.82) is 5.26 Å². The van der Waals surface area contributed by atoms with Gasteiger partial charge in [-0.3, -0.25) is 14.5 Å². The Morgan fingerprint density at radius 1 is 1.11 bits per heavy atom. The van der Waals surface area contributed by atoms with Gasteiger partial charge in [-0.05, 0) is 36.9 Å². The highest BCUT2D eigenvalue weighted by Gasteiger charge is 2.16. The minimum atomic E-state index is -0.316. The summed E-state index contributed by atoms with van der Waals surface area (Å²) in [5.74, 6) is -0.494. The molecule has 0 spiro atoms. The summed E-state index contributed by atoms with van der Waals surface area (Å²) in [6.07, 6.45) is 0. The van der Waals surface area contributed by atoms with Gasteiger partial charge in [0.2, 0.25) is 11.8 Å². The molecule has 0 fully saturated rings. The van der Waals surface area contributed by atoms with Gasteiger partial charge in [0.25, 0.3) is 0 Å². The lowest BCUT2D eigenvalue weighted by molar-refractivity contribution is -0.134. The molecule has 0 unspecified atom stereocenters. The molecule has 0 aliphatic heterocycles. The Morgan fingerprint density at radius 2 is 1.85 bits per heavy atom. The number of nitriles is 1. The van der Waals surface area contributed by atoms with Crippen molar-refractivity contribution in [3.63, 3.8) is 0 Å². The average Bonchev–Trinajstić information content (AvgIpc) is 2.63. The lowest BCUT2D eigenvalue weighted by atomic mass is 10.1. The maximum Gasteiger partial charge on any atom is 0.244 e. The van der Waals surface area contributed by atoms with Crippen molar-refractivity contribution in [2.75, 3.05) is 32.5 Å². The molecule has 27 heavy (non-hydrogen) atoms. The van der Waals surface area contributed by atoms with Gasteiger partial charge in [-0.15, -0.1) is 0 Å². The first-order valence-corrected chi connectivity index (χ1v) is 8.72. The summed E-state index contributed by atoms with van der Waals surface area (Å²) < 4.78 is 0. The Labute approximate surface area is 163 Å². The molecule has 0 saturated carbocycles. The maximum atomic E-state index is 12.3. The predicted molar refractivity (Wildman–Crippen MR) is 105 cm³/mol. The summed E-state index contributed by atoms with van der Waals surface area (Å²) in [7, 11) is 3.40. The molecule has 2 amide bonds. The van der Waals surface area contributed by atoms with E-state index in [-0.39, 0.29) is 24.9 Å². The fourth-order valence-electron chi connectivity index (χ4n) is 2.51. The van der Waals surface area contributed by atoms with Crippen molar-refractivity contribution in [2.45, 2.75) is 6.54 Å². The number of carbonyl (C=O) groups excluding carboxylic acids is 2. The van der Waals surface area contributed by atoms with E-state index in [0.29, 0.717) is 22.8 Å². The molecular formula is C20H21ClN4O2. The quantitative estimate of drug-likeness (QED) is 0.796. The first-order chi connectivity index (χ1) is 12.9. The number of para-hydroxylation sites is 1. The second kappa shape index (κ2) is 9.72. The summed E-state index contributed by atoms with van der Waals surface area (Å²) in [5.41, 5.74) is 2.04. The Hall–Kier alpha value is -2.88. The molecule has 6 nitrogen and oxygen atoms in total. The van der Waals surface area contributed by atoms with E-state index in [1.54, 1.807) is 43.4 Å². The van der Waals surface area contributed by atoms with E-state index in [1.807, 2.05) is 24.1 Å². The number of halogens is 1. The van der Waals surface area contributed by atoms with E-state index in [9.17, 15) is 9.59 Å². The second-order valence-corrected chi connectivity index (χ2v) is 6.67. The number of likely N-dealkylation sites (N-methyl/N-ethyl adjacent to an activating group) is 2. The monoisotopic (exact) mass is 384 g/mol. The Kier molecular flexibility index (Phi) is 7.35. The van der Waals surface area contributed by atoms with Crippen LogP contribution in [0.3, 0.4) is 0 Å². The number of carbonyl (C=O) groups is 2. The first-order valence-electron chi connectivity index (χ1n) is 8.35. The van der Waals surface area contributed by atoms with E-state index in [1.165, 1.54) is 4.90 Å². The fourth-order valence-corrected chi connectivity index (χ4v) is 2.70. The molecule has 7 heteroatoms. The molecule has 0 bridgehead atoms. The first kappa shape index (κ1) is 20.4. The average molecular weight is 385 g/mol. The summed E-state index contributed by atoms with van der Waals surface area (Å²) in [4.78, 5) is 27.7. The summed E-state index contributed by atoms with van der Waals surface area (Å²) in [6.45, 7) is 0.620. The number of rotatable bonds is 7. The predicted octanol–water partition coefficient (Wildman–Crippen LogP) is 2.74. The van der Waals surface area contributed by atoms with E-state index < -0.39 is 0 Å². The minimum Gasteiger partial charge on any atom is -0.335 e. The molecule has 1 N–H and O–H groups in total. The summed E-state index contributed by atoms with van der Waals surface area (Å²) in [5, 5.41) is 12.1. The van der Waals surface area contributed by atoms with Crippen LogP contribution < -0.4 is 5.32 Å². The number of nitrogens with one attached hydrogen (secondary N) is 1.